The van der Waals surface area contributed by atoms with E-state index in [0.717, 1.165) is 17.2 Å². The van der Waals surface area contributed by atoms with Crippen LogP contribution in [0.1, 0.15) is 22.7 Å². The molecule has 92 valence electrons. The van der Waals surface area contributed by atoms with Crippen molar-refractivity contribution in [3.63, 3.8) is 0 Å². The van der Waals surface area contributed by atoms with E-state index >= 15 is 0 Å². The standard InChI is InChI=1S/C15H16N2S/c1-11-6-13(8-16-7-11)17-15-10-18-9-12-4-2-3-5-14(12)15/h2-8,15,17H,9-10H2,1H3. The van der Waals surface area contributed by atoms with Crippen molar-refractivity contribution in [2.45, 2.75) is 18.7 Å². The highest BCUT2D eigenvalue weighted by Gasteiger charge is 2.19. The fourth-order valence-corrected chi connectivity index (χ4v) is 3.44. The van der Waals surface area contributed by atoms with Gasteiger partial charge in [-0.15, -0.1) is 0 Å². The second kappa shape index (κ2) is 5.02. The van der Waals surface area contributed by atoms with Gasteiger partial charge in [0.15, 0.2) is 0 Å². The maximum Gasteiger partial charge on any atom is 0.0607 e. The first-order valence-electron chi connectivity index (χ1n) is 6.16. The number of fused-ring (bicyclic) bond motifs is 1. The molecule has 1 aromatic carbocycles. The predicted molar refractivity (Wildman–Crippen MR) is 77.9 cm³/mol. The van der Waals surface area contributed by atoms with Gasteiger partial charge in [0, 0.05) is 23.9 Å². The van der Waals surface area contributed by atoms with Crippen molar-refractivity contribution in [1.29, 1.82) is 0 Å². The molecular formula is C15H16N2S. The number of pyridine rings is 1. The van der Waals surface area contributed by atoms with E-state index in [4.69, 9.17) is 0 Å². The van der Waals surface area contributed by atoms with Crippen LogP contribution in [0.15, 0.2) is 42.7 Å². The number of aromatic nitrogens is 1. The summed E-state index contributed by atoms with van der Waals surface area (Å²) in [6.45, 7) is 2.07. The van der Waals surface area contributed by atoms with E-state index in [1.807, 2.05) is 24.2 Å². The Hall–Kier alpha value is -1.48. The number of anilines is 1. The van der Waals surface area contributed by atoms with E-state index in [1.54, 1.807) is 0 Å². The summed E-state index contributed by atoms with van der Waals surface area (Å²) in [4.78, 5) is 4.24. The number of aryl methyl sites for hydroxylation is 1. The number of hydrogen-bond donors (Lipinski definition) is 1. The molecule has 1 N–H and O–H groups in total. The molecule has 1 atom stereocenters. The van der Waals surface area contributed by atoms with Crippen molar-refractivity contribution >= 4 is 17.4 Å². The van der Waals surface area contributed by atoms with Crippen LogP contribution in [0.3, 0.4) is 0 Å². The van der Waals surface area contributed by atoms with Gasteiger partial charge < -0.3 is 5.32 Å². The van der Waals surface area contributed by atoms with Gasteiger partial charge in [0.25, 0.3) is 0 Å². The third-order valence-corrected chi connectivity index (χ3v) is 4.27. The van der Waals surface area contributed by atoms with E-state index < -0.39 is 0 Å². The minimum absolute atomic E-state index is 0.392. The zero-order valence-electron chi connectivity index (χ0n) is 10.4. The summed E-state index contributed by atoms with van der Waals surface area (Å²) in [7, 11) is 0. The van der Waals surface area contributed by atoms with E-state index in [-0.39, 0.29) is 0 Å². The molecule has 2 aromatic rings. The zero-order valence-corrected chi connectivity index (χ0v) is 11.2. The Balaban J connectivity index is 1.86. The molecule has 1 aromatic heterocycles. The van der Waals surface area contributed by atoms with Crippen LogP contribution in [0, 0.1) is 6.92 Å². The Morgan fingerprint density at radius 3 is 3.06 bits per heavy atom. The monoisotopic (exact) mass is 256 g/mol. The molecule has 0 amide bonds. The van der Waals surface area contributed by atoms with Gasteiger partial charge >= 0.3 is 0 Å². The molecule has 1 aliphatic heterocycles. The molecule has 1 unspecified atom stereocenters. The van der Waals surface area contributed by atoms with E-state index in [0.29, 0.717) is 6.04 Å². The quantitative estimate of drug-likeness (QED) is 0.885. The molecule has 0 bridgehead atoms. The Kier molecular flexibility index (Phi) is 3.24. The van der Waals surface area contributed by atoms with E-state index in [2.05, 4.69) is 47.6 Å². The minimum atomic E-state index is 0.392. The number of nitrogens with zero attached hydrogens (tertiary/aromatic N) is 1. The first kappa shape index (κ1) is 11.6. The molecule has 0 spiro atoms. The lowest BCUT2D eigenvalue weighted by Crippen LogP contribution is -2.18. The van der Waals surface area contributed by atoms with Crippen LogP contribution >= 0.6 is 11.8 Å². The van der Waals surface area contributed by atoms with Gasteiger partial charge in [0.2, 0.25) is 0 Å². The van der Waals surface area contributed by atoms with Crippen LogP contribution in [0.4, 0.5) is 5.69 Å². The SMILES string of the molecule is Cc1cncc(NC2CSCc3ccccc32)c1. The van der Waals surface area contributed by atoms with Crippen LogP contribution < -0.4 is 5.32 Å². The highest BCUT2D eigenvalue weighted by atomic mass is 32.2. The van der Waals surface area contributed by atoms with Crippen LogP contribution in [0.25, 0.3) is 0 Å². The molecule has 0 radical (unpaired) electrons. The van der Waals surface area contributed by atoms with Crippen molar-refractivity contribution in [3.8, 4) is 0 Å². The molecular weight excluding hydrogens is 240 g/mol. The summed E-state index contributed by atoms with van der Waals surface area (Å²) in [5, 5.41) is 3.59. The molecule has 0 saturated carbocycles. The van der Waals surface area contributed by atoms with Crippen molar-refractivity contribution in [1.82, 2.24) is 4.98 Å². The summed E-state index contributed by atoms with van der Waals surface area (Å²) in [5.41, 5.74) is 5.18. The van der Waals surface area contributed by atoms with Crippen LogP contribution in [-0.4, -0.2) is 10.7 Å². The predicted octanol–water partition coefficient (Wildman–Crippen LogP) is 3.79. The Morgan fingerprint density at radius 1 is 1.28 bits per heavy atom. The average Bonchev–Trinajstić information content (AvgIpc) is 2.39. The molecule has 0 aliphatic carbocycles. The highest BCUT2D eigenvalue weighted by molar-refractivity contribution is 7.98. The fourth-order valence-electron chi connectivity index (χ4n) is 2.34. The van der Waals surface area contributed by atoms with Crippen molar-refractivity contribution in [2.75, 3.05) is 11.1 Å². The summed E-state index contributed by atoms with van der Waals surface area (Å²) < 4.78 is 0. The zero-order chi connectivity index (χ0) is 12.4. The molecule has 18 heavy (non-hydrogen) atoms. The first-order chi connectivity index (χ1) is 8.83. The normalized spacial score (nSPS) is 18.2. The summed E-state index contributed by atoms with van der Waals surface area (Å²) in [6.07, 6.45) is 3.78. The molecule has 3 heteroatoms. The van der Waals surface area contributed by atoms with E-state index in [1.165, 1.54) is 16.7 Å². The number of thioether (sulfide) groups is 1. The highest BCUT2D eigenvalue weighted by Crippen LogP contribution is 2.33. The lowest BCUT2D eigenvalue weighted by Gasteiger charge is -2.26. The molecule has 1 aliphatic rings. The van der Waals surface area contributed by atoms with Crippen LogP contribution in [-0.2, 0) is 5.75 Å². The van der Waals surface area contributed by atoms with Crippen molar-refractivity contribution < 1.29 is 0 Å². The largest absolute Gasteiger partial charge is 0.376 e. The van der Waals surface area contributed by atoms with Gasteiger partial charge in [-0.1, -0.05) is 24.3 Å². The van der Waals surface area contributed by atoms with Crippen molar-refractivity contribution in [3.05, 3.63) is 59.4 Å². The van der Waals surface area contributed by atoms with Gasteiger partial charge in [-0.25, -0.2) is 0 Å². The molecule has 0 saturated heterocycles. The molecule has 2 nitrogen and oxygen atoms in total. The number of hydrogen-bond acceptors (Lipinski definition) is 3. The maximum absolute atomic E-state index is 4.24. The van der Waals surface area contributed by atoms with Gasteiger partial charge in [-0.2, -0.15) is 11.8 Å². The Labute approximate surface area is 112 Å². The Morgan fingerprint density at radius 2 is 2.17 bits per heavy atom. The van der Waals surface area contributed by atoms with Crippen LogP contribution in [0.2, 0.25) is 0 Å². The second-order valence-corrected chi connectivity index (χ2v) is 5.69. The number of rotatable bonds is 2. The summed E-state index contributed by atoms with van der Waals surface area (Å²) in [5.74, 6) is 2.24. The van der Waals surface area contributed by atoms with Crippen LogP contribution in [0.5, 0.6) is 0 Å². The van der Waals surface area contributed by atoms with E-state index in [9.17, 15) is 0 Å². The number of nitrogens with one attached hydrogen (secondary N) is 1. The van der Waals surface area contributed by atoms with Gasteiger partial charge in [0.1, 0.15) is 0 Å². The average molecular weight is 256 g/mol. The minimum Gasteiger partial charge on any atom is -0.376 e. The van der Waals surface area contributed by atoms with Crippen molar-refractivity contribution in [2.24, 2.45) is 0 Å². The molecule has 0 fully saturated rings. The lowest BCUT2D eigenvalue weighted by molar-refractivity contribution is 0.869. The molecule has 3 rings (SSSR count). The Bertz CT molecular complexity index is 554. The van der Waals surface area contributed by atoms with Gasteiger partial charge in [-0.05, 0) is 29.7 Å². The maximum atomic E-state index is 4.24. The second-order valence-electron chi connectivity index (χ2n) is 4.66. The smallest absolute Gasteiger partial charge is 0.0607 e. The summed E-state index contributed by atoms with van der Waals surface area (Å²) in [6, 6.07) is 11.2. The third kappa shape index (κ3) is 2.36. The topological polar surface area (TPSA) is 24.9 Å². The molecule has 2 heterocycles. The number of benzene rings is 1. The third-order valence-electron chi connectivity index (χ3n) is 3.19. The van der Waals surface area contributed by atoms with Gasteiger partial charge in [-0.3, -0.25) is 4.98 Å². The van der Waals surface area contributed by atoms with Gasteiger partial charge in [0.05, 0.1) is 11.7 Å². The first-order valence-corrected chi connectivity index (χ1v) is 7.32. The lowest BCUT2D eigenvalue weighted by atomic mass is 10.0. The summed E-state index contributed by atoms with van der Waals surface area (Å²) >= 11 is 1.99. The fraction of sp³-hybridized carbons (Fsp3) is 0.267.